The van der Waals surface area contributed by atoms with E-state index in [4.69, 9.17) is 4.74 Å². The minimum atomic E-state index is 0.0564. The molecule has 2 amide bonds. The number of carbonyl (C=O) groups is 1. The molecule has 5 nitrogen and oxygen atoms in total. The third-order valence-electron chi connectivity index (χ3n) is 4.90. The Labute approximate surface area is 144 Å². The van der Waals surface area contributed by atoms with Gasteiger partial charge in [0.2, 0.25) is 0 Å². The van der Waals surface area contributed by atoms with Crippen molar-refractivity contribution in [2.45, 2.75) is 51.0 Å². The molecule has 2 aliphatic rings. The van der Waals surface area contributed by atoms with Crippen LogP contribution in [0.2, 0.25) is 0 Å². The fourth-order valence-corrected chi connectivity index (χ4v) is 3.29. The maximum atomic E-state index is 12.6. The van der Waals surface area contributed by atoms with E-state index in [1.165, 1.54) is 31.2 Å². The van der Waals surface area contributed by atoms with Gasteiger partial charge in [0.25, 0.3) is 0 Å². The Morgan fingerprint density at radius 1 is 1.21 bits per heavy atom. The molecule has 3 rings (SSSR count). The highest BCUT2D eigenvalue weighted by molar-refractivity contribution is 5.74. The Hall–Kier alpha value is -1.62. The number of aromatic nitrogens is 1. The molecule has 0 aromatic carbocycles. The summed E-state index contributed by atoms with van der Waals surface area (Å²) in [6.07, 6.45) is 11.6. The minimum Gasteiger partial charge on any atom is -0.381 e. The molecule has 1 aromatic heterocycles. The quantitative estimate of drug-likeness (QED) is 0.778. The molecule has 2 heterocycles. The summed E-state index contributed by atoms with van der Waals surface area (Å²) in [7, 11) is 0. The van der Waals surface area contributed by atoms with Crippen LogP contribution >= 0.6 is 0 Å². The lowest BCUT2D eigenvalue weighted by Gasteiger charge is -2.30. The van der Waals surface area contributed by atoms with E-state index < -0.39 is 0 Å². The number of nitrogens with zero attached hydrogens (tertiary/aromatic N) is 2. The summed E-state index contributed by atoms with van der Waals surface area (Å²) in [6, 6.07) is 4.28. The molecule has 1 aromatic rings. The topological polar surface area (TPSA) is 54.5 Å². The molecule has 0 bridgehead atoms. The molecule has 1 aliphatic heterocycles. The Kier molecular flexibility index (Phi) is 6.47. The van der Waals surface area contributed by atoms with Crippen molar-refractivity contribution < 1.29 is 9.53 Å². The van der Waals surface area contributed by atoms with Gasteiger partial charge in [-0.1, -0.05) is 12.8 Å². The second kappa shape index (κ2) is 9.02. The van der Waals surface area contributed by atoms with E-state index in [-0.39, 0.29) is 12.1 Å². The Morgan fingerprint density at radius 2 is 2.04 bits per heavy atom. The first-order valence-corrected chi connectivity index (χ1v) is 9.37. The SMILES string of the molecule is O=C(NCCCOCC1CC1)N1CCCCCC1c1ccncc1. The molecule has 1 saturated heterocycles. The standard InChI is InChI=1S/C19H29N3O2/c23-19(21-10-4-14-24-15-16-6-7-16)22-13-3-1-2-5-18(22)17-8-11-20-12-9-17/h8-9,11-12,16,18H,1-7,10,13-15H2,(H,21,23). The van der Waals surface area contributed by atoms with E-state index in [9.17, 15) is 4.79 Å². The Balaban J connectivity index is 1.46. The largest absolute Gasteiger partial charge is 0.381 e. The Bertz CT molecular complexity index is 505. The van der Waals surface area contributed by atoms with Crippen LogP contribution in [0.15, 0.2) is 24.5 Å². The van der Waals surface area contributed by atoms with Gasteiger partial charge in [0.1, 0.15) is 0 Å². The van der Waals surface area contributed by atoms with E-state index in [2.05, 4.69) is 10.3 Å². The van der Waals surface area contributed by atoms with Gasteiger partial charge in [0.05, 0.1) is 6.04 Å². The molecule has 0 radical (unpaired) electrons. The highest BCUT2D eigenvalue weighted by Crippen LogP contribution is 2.30. The zero-order valence-corrected chi connectivity index (χ0v) is 14.5. The molecule has 1 N–H and O–H groups in total. The van der Waals surface area contributed by atoms with Crippen LogP contribution in [0.25, 0.3) is 0 Å². The average Bonchev–Trinajstić information content (AvgIpc) is 3.44. The fourth-order valence-electron chi connectivity index (χ4n) is 3.29. The molecule has 1 saturated carbocycles. The van der Waals surface area contributed by atoms with Crippen molar-refractivity contribution in [3.05, 3.63) is 30.1 Å². The summed E-state index contributed by atoms with van der Waals surface area (Å²) in [5, 5.41) is 3.08. The fraction of sp³-hybridized carbons (Fsp3) is 0.684. The van der Waals surface area contributed by atoms with E-state index in [1.807, 2.05) is 29.4 Å². The van der Waals surface area contributed by atoms with Gasteiger partial charge in [-0.05, 0) is 55.7 Å². The monoisotopic (exact) mass is 331 g/mol. The highest BCUT2D eigenvalue weighted by Gasteiger charge is 2.26. The van der Waals surface area contributed by atoms with Gasteiger partial charge < -0.3 is 15.0 Å². The zero-order chi connectivity index (χ0) is 16.6. The summed E-state index contributed by atoms with van der Waals surface area (Å²) >= 11 is 0. The first kappa shape index (κ1) is 17.2. The maximum Gasteiger partial charge on any atom is 0.317 e. The van der Waals surface area contributed by atoms with Crippen molar-refractivity contribution in [1.29, 1.82) is 0 Å². The normalized spacial score (nSPS) is 21.3. The van der Waals surface area contributed by atoms with Crippen LogP contribution in [-0.2, 0) is 4.74 Å². The first-order chi connectivity index (χ1) is 11.8. The molecule has 1 unspecified atom stereocenters. The van der Waals surface area contributed by atoms with Crippen LogP contribution in [0.4, 0.5) is 4.79 Å². The lowest BCUT2D eigenvalue weighted by molar-refractivity contribution is 0.121. The van der Waals surface area contributed by atoms with Crippen LogP contribution < -0.4 is 5.32 Å². The molecule has 1 aliphatic carbocycles. The predicted octanol–water partition coefficient (Wildman–Crippen LogP) is 3.53. The van der Waals surface area contributed by atoms with Gasteiger partial charge >= 0.3 is 6.03 Å². The molecular weight excluding hydrogens is 302 g/mol. The van der Waals surface area contributed by atoms with Crippen molar-refractivity contribution >= 4 is 6.03 Å². The van der Waals surface area contributed by atoms with Gasteiger partial charge in [0.15, 0.2) is 0 Å². The molecule has 0 spiro atoms. The zero-order valence-electron chi connectivity index (χ0n) is 14.5. The van der Waals surface area contributed by atoms with E-state index in [1.54, 1.807) is 0 Å². The predicted molar refractivity (Wildman–Crippen MR) is 93.7 cm³/mol. The van der Waals surface area contributed by atoms with Gasteiger partial charge in [-0.3, -0.25) is 4.98 Å². The summed E-state index contributed by atoms with van der Waals surface area (Å²) in [6.45, 7) is 3.15. The third-order valence-corrected chi connectivity index (χ3v) is 4.90. The number of urea groups is 1. The van der Waals surface area contributed by atoms with E-state index in [0.717, 1.165) is 44.9 Å². The minimum absolute atomic E-state index is 0.0564. The lowest BCUT2D eigenvalue weighted by Crippen LogP contribution is -2.42. The number of rotatable bonds is 7. The summed E-state index contributed by atoms with van der Waals surface area (Å²) < 4.78 is 5.62. The second-order valence-corrected chi connectivity index (χ2v) is 6.94. The number of carbonyl (C=O) groups excluding carboxylic acids is 1. The van der Waals surface area contributed by atoms with Crippen molar-refractivity contribution in [3.63, 3.8) is 0 Å². The number of hydrogen-bond acceptors (Lipinski definition) is 3. The summed E-state index contributed by atoms with van der Waals surface area (Å²) in [5.74, 6) is 0.804. The van der Waals surface area contributed by atoms with Gasteiger partial charge in [-0.2, -0.15) is 0 Å². The average molecular weight is 331 g/mol. The number of pyridine rings is 1. The smallest absolute Gasteiger partial charge is 0.317 e. The van der Waals surface area contributed by atoms with Crippen LogP contribution in [0, 0.1) is 5.92 Å². The summed E-state index contributed by atoms with van der Waals surface area (Å²) in [5.41, 5.74) is 1.19. The van der Waals surface area contributed by atoms with Crippen molar-refractivity contribution in [2.24, 2.45) is 5.92 Å². The van der Waals surface area contributed by atoms with Crippen molar-refractivity contribution in [2.75, 3.05) is 26.3 Å². The second-order valence-electron chi connectivity index (χ2n) is 6.94. The number of nitrogens with one attached hydrogen (secondary N) is 1. The van der Waals surface area contributed by atoms with Crippen LogP contribution in [0.3, 0.4) is 0 Å². The highest BCUT2D eigenvalue weighted by atomic mass is 16.5. The van der Waals surface area contributed by atoms with Crippen LogP contribution in [0.1, 0.15) is 56.6 Å². The van der Waals surface area contributed by atoms with E-state index in [0.29, 0.717) is 6.54 Å². The van der Waals surface area contributed by atoms with E-state index >= 15 is 0 Å². The van der Waals surface area contributed by atoms with Gasteiger partial charge in [0, 0.05) is 38.7 Å². The number of ether oxygens (including phenoxy) is 1. The third kappa shape index (κ3) is 5.20. The molecule has 5 heteroatoms. The molecule has 1 atom stereocenters. The Morgan fingerprint density at radius 3 is 2.83 bits per heavy atom. The van der Waals surface area contributed by atoms with Gasteiger partial charge in [-0.25, -0.2) is 4.79 Å². The van der Waals surface area contributed by atoms with Crippen molar-refractivity contribution in [1.82, 2.24) is 15.2 Å². The first-order valence-electron chi connectivity index (χ1n) is 9.37. The van der Waals surface area contributed by atoms with Crippen LogP contribution in [0.5, 0.6) is 0 Å². The molecule has 24 heavy (non-hydrogen) atoms. The molecular formula is C19H29N3O2. The maximum absolute atomic E-state index is 12.6. The number of hydrogen-bond donors (Lipinski definition) is 1. The number of amides is 2. The molecule has 132 valence electrons. The summed E-state index contributed by atoms with van der Waals surface area (Å²) in [4.78, 5) is 18.7. The van der Waals surface area contributed by atoms with Gasteiger partial charge in [-0.15, -0.1) is 0 Å². The number of likely N-dealkylation sites (tertiary alicyclic amines) is 1. The lowest BCUT2D eigenvalue weighted by atomic mass is 10.0. The molecule has 2 fully saturated rings. The van der Waals surface area contributed by atoms with Crippen molar-refractivity contribution in [3.8, 4) is 0 Å². The van der Waals surface area contributed by atoms with Crippen LogP contribution in [-0.4, -0.2) is 42.2 Å².